The van der Waals surface area contributed by atoms with Crippen molar-refractivity contribution in [3.63, 3.8) is 0 Å². The average molecular weight is 932 g/mol. The third-order valence-corrected chi connectivity index (χ3v) is 14.2. The molecule has 3 heteroatoms. The molecule has 0 unspecified atom stereocenters. The van der Waals surface area contributed by atoms with Gasteiger partial charge < -0.3 is 14.4 Å². The van der Waals surface area contributed by atoms with Crippen molar-refractivity contribution in [1.82, 2.24) is 4.57 Å². The number of fused-ring (bicyclic) bond motifs is 4. The summed E-state index contributed by atoms with van der Waals surface area (Å²) in [5.74, 6) is 0. The monoisotopic (exact) mass is 931 g/mol. The number of rotatable bonds is 11. The fourth-order valence-electron chi connectivity index (χ4n) is 10.7. The van der Waals surface area contributed by atoms with E-state index in [0.717, 1.165) is 56.5 Å². The molecule has 0 N–H and O–H groups in total. The second kappa shape index (κ2) is 18.9. The Morgan fingerprint density at radius 1 is 0.219 bits per heavy atom. The predicted molar refractivity (Wildman–Crippen MR) is 309 cm³/mol. The molecule has 13 aromatic rings. The van der Waals surface area contributed by atoms with E-state index < -0.39 is 0 Å². The summed E-state index contributed by atoms with van der Waals surface area (Å²) in [6, 6.07) is 108. The molecule has 0 atom stereocenters. The van der Waals surface area contributed by atoms with E-state index in [2.05, 4.69) is 312 Å². The molecule has 0 bridgehead atoms. The summed E-state index contributed by atoms with van der Waals surface area (Å²) in [6.45, 7) is 0. The minimum atomic E-state index is 1.08. The zero-order valence-electron chi connectivity index (χ0n) is 40.1. The highest BCUT2D eigenvalue weighted by atomic mass is 15.1. The fraction of sp³-hybridized carbons (Fsp3) is 0. The molecule has 344 valence electrons. The Morgan fingerprint density at radius 2 is 0.589 bits per heavy atom. The van der Waals surface area contributed by atoms with E-state index in [9.17, 15) is 0 Å². The Morgan fingerprint density at radius 3 is 1.12 bits per heavy atom. The second-order valence-electron chi connectivity index (χ2n) is 18.5. The van der Waals surface area contributed by atoms with Gasteiger partial charge in [-0.25, -0.2) is 0 Å². The van der Waals surface area contributed by atoms with Crippen LogP contribution in [-0.4, -0.2) is 4.57 Å². The Hall–Kier alpha value is -9.70. The summed E-state index contributed by atoms with van der Waals surface area (Å²) in [5, 5.41) is 4.90. The Labute approximate surface area is 426 Å². The molecule has 0 amide bonds. The maximum atomic E-state index is 2.41. The van der Waals surface area contributed by atoms with Crippen LogP contribution in [0.15, 0.2) is 297 Å². The van der Waals surface area contributed by atoms with Crippen molar-refractivity contribution in [3.8, 4) is 50.2 Å². The highest BCUT2D eigenvalue weighted by Crippen LogP contribution is 2.45. The van der Waals surface area contributed by atoms with Gasteiger partial charge in [-0.3, -0.25) is 0 Å². The second-order valence-corrected chi connectivity index (χ2v) is 18.5. The van der Waals surface area contributed by atoms with Gasteiger partial charge in [0.05, 0.1) is 11.0 Å². The van der Waals surface area contributed by atoms with E-state index >= 15 is 0 Å². The number of aromatic nitrogens is 1. The number of nitrogens with zero attached hydrogens (tertiary/aromatic N) is 3. The lowest BCUT2D eigenvalue weighted by molar-refractivity contribution is 1.18. The lowest BCUT2D eigenvalue weighted by Gasteiger charge is -2.26. The molecule has 12 aromatic carbocycles. The van der Waals surface area contributed by atoms with Crippen LogP contribution in [0.4, 0.5) is 34.1 Å². The Kier molecular flexibility index (Phi) is 11.2. The van der Waals surface area contributed by atoms with E-state index in [1.165, 1.54) is 60.4 Å². The standard InChI is InChI=1S/C70H49N3/c1-6-21-51(22-7-1)65-49-68(54-37-41-60(42-38-54)72(57-28-12-4-13-29-57)62-44-45-64-63-32-18-19-33-69(63)73(70(64)47-62)58-30-14-5-15-31-58)66(52-23-8-2-9-24-52)48-67(65)53-35-39-59(40-36-53)71(56-26-10-3-11-27-56)61-43-34-50-20-16-17-25-55(50)46-61/h1-49H. The van der Waals surface area contributed by atoms with Crippen molar-refractivity contribution in [3.05, 3.63) is 297 Å². The van der Waals surface area contributed by atoms with Crippen LogP contribution >= 0.6 is 0 Å². The molecule has 0 saturated heterocycles. The molecule has 1 heterocycles. The predicted octanol–water partition coefficient (Wildman–Crippen LogP) is 19.5. The molecule has 0 aliphatic carbocycles. The van der Waals surface area contributed by atoms with Crippen molar-refractivity contribution >= 4 is 66.7 Å². The summed E-state index contributed by atoms with van der Waals surface area (Å²) >= 11 is 0. The van der Waals surface area contributed by atoms with Crippen LogP contribution < -0.4 is 9.80 Å². The van der Waals surface area contributed by atoms with Crippen LogP contribution in [0.2, 0.25) is 0 Å². The molecule has 0 fully saturated rings. The summed E-state index contributed by atoms with van der Waals surface area (Å²) in [4.78, 5) is 4.72. The molecule has 0 radical (unpaired) electrons. The first-order chi connectivity index (χ1) is 36.2. The summed E-state index contributed by atoms with van der Waals surface area (Å²) in [6.07, 6.45) is 0. The van der Waals surface area contributed by atoms with Gasteiger partial charge in [-0.15, -0.1) is 0 Å². The normalized spacial score (nSPS) is 11.3. The highest BCUT2D eigenvalue weighted by molar-refractivity contribution is 6.10. The van der Waals surface area contributed by atoms with Crippen molar-refractivity contribution in [2.24, 2.45) is 0 Å². The molecule has 3 nitrogen and oxygen atoms in total. The summed E-state index contributed by atoms with van der Waals surface area (Å²) < 4.78 is 2.39. The van der Waals surface area contributed by atoms with E-state index in [1.54, 1.807) is 0 Å². The molecule has 0 spiro atoms. The number of para-hydroxylation sites is 4. The third-order valence-electron chi connectivity index (χ3n) is 14.2. The van der Waals surface area contributed by atoms with Gasteiger partial charge in [-0.2, -0.15) is 0 Å². The Balaban J connectivity index is 0.931. The van der Waals surface area contributed by atoms with E-state index in [1.807, 2.05) is 0 Å². The van der Waals surface area contributed by atoms with Crippen LogP contribution in [0.5, 0.6) is 0 Å². The maximum Gasteiger partial charge on any atom is 0.0561 e. The number of benzene rings is 12. The summed E-state index contributed by atoms with van der Waals surface area (Å²) in [7, 11) is 0. The molecule has 13 rings (SSSR count). The molecular weight excluding hydrogens is 883 g/mol. The third kappa shape index (κ3) is 8.19. The average Bonchev–Trinajstić information content (AvgIpc) is 3.80. The SMILES string of the molecule is c1ccc(-c2cc(-c3ccc(N(c4ccccc4)c4ccc5c6ccccc6n(-c6ccccc6)c5c4)cc3)c(-c3ccccc3)cc2-c2ccc(N(c3ccccc3)c3ccc4ccccc4c3)cc2)cc1. The van der Waals surface area contributed by atoms with Crippen molar-refractivity contribution in [1.29, 1.82) is 0 Å². The maximum absolute atomic E-state index is 2.41. The van der Waals surface area contributed by atoms with Gasteiger partial charge in [-0.1, -0.05) is 194 Å². The lowest BCUT2D eigenvalue weighted by atomic mass is 9.85. The minimum absolute atomic E-state index is 1.08. The number of hydrogen-bond donors (Lipinski definition) is 0. The van der Waals surface area contributed by atoms with Crippen LogP contribution in [0, 0.1) is 0 Å². The van der Waals surface area contributed by atoms with E-state index in [4.69, 9.17) is 0 Å². The van der Waals surface area contributed by atoms with Crippen LogP contribution in [-0.2, 0) is 0 Å². The van der Waals surface area contributed by atoms with Crippen molar-refractivity contribution < 1.29 is 0 Å². The quantitative estimate of drug-likeness (QED) is 0.128. The number of hydrogen-bond acceptors (Lipinski definition) is 2. The van der Waals surface area contributed by atoms with Crippen molar-refractivity contribution in [2.75, 3.05) is 9.80 Å². The topological polar surface area (TPSA) is 11.4 Å². The zero-order chi connectivity index (χ0) is 48.5. The van der Waals surface area contributed by atoms with Gasteiger partial charge in [0.25, 0.3) is 0 Å². The zero-order valence-corrected chi connectivity index (χ0v) is 40.1. The minimum Gasteiger partial charge on any atom is -0.310 e. The van der Waals surface area contributed by atoms with Crippen LogP contribution in [0.3, 0.4) is 0 Å². The van der Waals surface area contributed by atoms with Crippen LogP contribution in [0.25, 0.3) is 82.8 Å². The first-order valence-corrected chi connectivity index (χ1v) is 25.0. The molecule has 1 aromatic heterocycles. The van der Waals surface area contributed by atoms with Gasteiger partial charge in [0.1, 0.15) is 0 Å². The first-order valence-electron chi connectivity index (χ1n) is 25.0. The molecular formula is C70H49N3. The largest absolute Gasteiger partial charge is 0.310 e. The van der Waals surface area contributed by atoms with Gasteiger partial charge in [-0.05, 0) is 158 Å². The molecule has 0 saturated carbocycles. The first kappa shape index (κ1) is 43.3. The lowest BCUT2D eigenvalue weighted by Crippen LogP contribution is -2.10. The van der Waals surface area contributed by atoms with Crippen LogP contribution in [0.1, 0.15) is 0 Å². The highest BCUT2D eigenvalue weighted by Gasteiger charge is 2.21. The van der Waals surface area contributed by atoms with E-state index in [-0.39, 0.29) is 0 Å². The van der Waals surface area contributed by atoms with Crippen molar-refractivity contribution in [2.45, 2.75) is 0 Å². The molecule has 0 aliphatic rings. The molecule has 73 heavy (non-hydrogen) atoms. The van der Waals surface area contributed by atoms with Gasteiger partial charge in [0, 0.05) is 50.6 Å². The van der Waals surface area contributed by atoms with Gasteiger partial charge >= 0.3 is 0 Å². The molecule has 0 aliphatic heterocycles. The number of anilines is 6. The smallest absolute Gasteiger partial charge is 0.0561 e. The Bertz CT molecular complexity index is 4040. The summed E-state index contributed by atoms with van der Waals surface area (Å²) in [5.41, 5.74) is 19.4. The van der Waals surface area contributed by atoms with Gasteiger partial charge in [0.15, 0.2) is 0 Å². The fourth-order valence-corrected chi connectivity index (χ4v) is 10.7. The van der Waals surface area contributed by atoms with E-state index in [0.29, 0.717) is 0 Å². The van der Waals surface area contributed by atoms with Gasteiger partial charge in [0.2, 0.25) is 0 Å².